The molecule has 30 heavy (non-hydrogen) atoms. The molecule has 2 aliphatic rings. The maximum Gasteiger partial charge on any atom is 0.266 e. The second kappa shape index (κ2) is 6.63. The summed E-state index contributed by atoms with van der Waals surface area (Å²) in [5, 5.41) is 13.0. The number of rotatable bonds is 2. The molecule has 0 unspecified atom stereocenters. The minimum Gasteiger partial charge on any atom is -0.343 e. The van der Waals surface area contributed by atoms with Gasteiger partial charge in [-0.05, 0) is 26.3 Å². The Bertz CT molecular complexity index is 1120. The molecule has 0 bridgehead atoms. The Labute approximate surface area is 174 Å². The summed E-state index contributed by atoms with van der Waals surface area (Å²) in [6.45, 7) is 5.76. The quantitative estimate of drug-likeness (QED) is 0.793. The highest BCUT2D eigenvalue weighted by Crippen LogP contribution is 2.52. The zero-order valence-electron chi connectivity index (χ0n) is 17.3. The third kappa shape index (κ3) is 2.63. The molecule has 154 valence electrons. The van der Waals surface area contributed by atoms with Gasteiger partial charge in [0.15, 0.2) is 0 Å². The van der Waals surface area contributed by atoms with Crippen LogP contribution in [-0.2, 0) is 10.2 Å². The number of benzene rings is 1. The van der Waals surface area contributed by atoms with Crippen molar-refractivity contribution in [1.29, 1.82) is 5.26 Å². The number of halogens is 2. The van der Waals surface area contributed by atoms with Gasteiger partial charge in [0, 0.05) is 36.5 Å². The van der Waals surface area contributed by atoms with Crippen molar-refractivity contribution < 1.29 is 13.6 Å². The Hall–Kier alpha value is -3.27. The van der Waals surface area contributed by atoms with E-state index in [1.54, 1.807) is 11.9 Å². The number of likely N-dealkylation sites (N-methyl/N-ethyl adjacent to an activating group) is 1. The van der Waals surface area contributed by atoms with Crippen molar-refractivity contribution in [3.05, 3.63) is 70.1 Å². The first-order valence-electron chi connectivity index (χ1n) is 9.69. The lowest BCUT2D eigenvalue weighted by atomic mass is 9.64. The standard InChI is InChI=1S/C23H22F2N4O/c1-22(2)10-16-18(21(30)29(22)4)23(3,13-8-6-5-7-9-13)17-14(11-26)15(19(24)25)12-27-20(17)28-16/h5-9,12,19H,10H2,1-4H3,(H,27,28)/t23-/m0/s1. The fraction of sp³-hybridized carbons (Fsp3) is 0.348. The molecule has 2 aliphatic heterocycles. The molecule has 0 saturated carbocycles. The van der Waals surface area contributed by atoms with E-state index in [2.05, 4.69) is 10.3 Å². The average Bonchev–Trinajstić information content (AvgIpc) is 2.71. The maximum absolute atomic E-state index is 13.7. The Morgan fingerprint density at radius 2 is 1.90 bits per heavy atom. The predicted octanol–water partition coefficient (Wildman–Crippen LogP) is 4.52. The number of nitrogens with one attached hydrogen (secondary N) is 1. The molecule has 0 aliphatic carbocycles. The van der Waals surface area contributed by atoms with E-state index < -0.39 is 22.9 Å². The van der Waals surface area contributed by atoms with Crippen molar-refractivity contribution >= 4 is 11.7 Å². The molecular weight excluding hydrogens is 386 g/mol. The van der Waals surface area contributed by atoms with Crippen LogP contribution in [0.2, 0.25) is 0 Å². The number of carbonyl (C=O) groups is 1. The minimum atomic E-state index is -2.85. The zero-order chi connectivity index (χ0) is 21.8. The molecule has 7 heteroatoms. The van der Waals surface area contributed by atoms with E-state index in [1.807, 2.05) is 57.2 Å². The summed E-state index contributed by atoms with van der Waals surface area (Å²) < 4.78 is 27.4. The molecule has 0 radical (unpaired) electrons. The summed E-state index contributed by atoms with van der Waals surface area (Å²) in [4.78, 5) is 19.5. The van der Waals surface area contributed by atoms with Crippen molar-refractivity contribution in [2.24, 2.45) is 0 Å². The average molecular weight is 408 g/mol. The smallest absolute Gasteiger partial charge is 0.266 e. The van der Waals surface area contributed by atoms with E-state index in [0.29, 0.717) is 29.1 Å². The number of aromatic nitrogens is 1. The Morgan fingerprint density at radius 3 is 2.50 bits per heavy atom. The molecular formula is C23H22F2N4O. The fourth-order valence-corrected chi connectivity index (χ4v) is 4.56. The molecule has 1 amide bonds. The van der Waals surface area contributed by atoms with Crippen LogP contribution < -0.4 is 5.32 Å². The lowest BCUT2D eigenvalue weighted by Gasteiger charge is -2.49. The van der Waals surface area contributed by atoms with Gasteiger partial charge in [0.1, 0.15) is 11.9 Å². The van der Waals surface area contributed by atoms with Crippen molar-refractivity contribution in [1.82, 2.24) is 9.88 Å². The first-order chi connectivity index (χ1) is 14.1. The van der Waals surface area contributed by atoms with Crippen LogP contribution in [0.1, 0.15) is 55.9 Å². The summed E-state index contributed by atoms with van der Waals surface area (Å²) >= 11 is 0. The SMILES string of the molecule is CN1C(=O)C2=C(CC1(C)C)Nc1ncc(C(F)F)c(C#N)c1[C@]2(C)c1ccccc1. The van der Waals surface area contributed by atoms with Crippen molar-refractivity contribution in [2.75, 3.05) is 12.4 Å². The monoisotopic (exact) mass is 408 g/mol. The van der Waals surface area contributed by atoms with Gasteiger partial charge < -0.3 is 10.2 Å². The van der Waals surface area contributed by atoms with Crippen LogP contribution in [0.5, 0.6) is 0 Å². The van der Waals surface area contributed by atoms with E-state index >= 15 is 0 Å². The van der Waals surface area contributed by atoms with E-state index in [0.717, 1.165) is 11.8 Å². The Kier molecular flexibility index (Phi) is 4.42. The van der Waals surface area contributed by atoms with Crippen molar-refractivity contribution in [3.8, 4) is 6.07 Å². The lowest BCUT2D eigenvalue weighted by molar-refractivity contribution is -0.132. The number of hydrogen-bond donors (Lipinski definition) is 1. The molecule has 3 heterocycles. The van der Waals surface area contributed by atoms with Gasteiger partial charge in [-0.3, -0.25) is 4.79 Å². The van der Waals surface area contributed by atoms with Crippen molar-refractivity contribution in [3.63, 3.8) is 0 Å². The van der Waals surface area contributed by atoms with Gasteiger partial charge in [0.05, 0.1) is 22.1 Å². The van der Waals surface area contributed by atoms with E-state index in [1.165, 1.54) is 0 Å². The molecule has 0 spiro atoms. The van der Waals surface area contributed by atoms with E-state index in [4.69, 9.17) is 0 Å². The summed E-state index contributed by atoms with van der Waals surface area (Å²) in [5.41, 5.74) is 0.124. The summed E-state index contributed by atoms with van der Waals surface area (Å²) in [6.07, 6.45) is -1.25. The zero-order valence-corrected chi connectivity index (χ0v) is 17.3. The maximum atomic E-state index is 13.7. The van der Waals surface area contributed by atoms with Gasteiger partial charge in [-0.1, -0.05) is 30.3 Å². The second-order valence-electron chi connectivity index (χ2n) is 8.55. The molecule has 1 aromatic heterocycles. The fourth-order valence-electron chi connectivity index (χ4n) is 4.56. The molecule has 0 fully saturated rings. The predicted molar refractivity (Wildman–Crippen MR) is 109 cm³/mol. The molecule has 1 aromatic carbocycles. The topological polar surface area (TPSA) is 69.0 Å². The molecule has 1 N–H and O–H groups in total. The summed E-state index contributed by atoms with van der Waals surface area (Å²) in [6, 6.07) is 11.2. The van der Waals surface area contributed by atoms with Crippen LogP contribution in [-0.4, -0.2) is 28.4 Å². The number of carbonyl (C=O) groups excluding carboxylic acids is 1. The number of anilines is 1. The van der Waals surface area contributed by atoms with Crippen LogP contribution in [0, 0.1) is 11.3 Å². The Balaban J connectivity index is 2.11. The first kappa shape index (κ1) is 20.0. The molecule has 4 rings (SSSR count). The number of amides is 1. The number of alkyl halides is 2. The van der Waals surface area contributed by atoms with Crippen LogP contribution in [0.25, 0.3) is 0 Å². The molecule has 1 atom stereocenters. The molecule has 2 aromatic rings. The summed E-state index contributed by atoms with van der Waals surface area (Å²) in [5.74, 6) is 0.145. The number of nitrogens with zero attached hydrogens (tertiary/aromatic N) is 3. The highest BCUT2D eigenvalue weighted by Gasteiger charge is 2.51. The van der Waals surface area contributed by atoms with Crippen LogP contribution in [0.15, 0.2) is 47.8 Å². The van der Waals surface area contributed by atoms with Gasteiger partial charge >= 0.3 is 0 Å². The van der Waals surface area contributed by atoms with Crippen LogP contribution in [0.3, 0.4) is 0 Å². The van der Waals surface area contributed by atoms with Gasteiger partial charge in [-0.15, -0.1) is 0 Å². The lowest BCUT2D eigenvalue weighted by Crippen LogP contribution is -2.54. The largest absolute Gasteiger partial charge is 0.343 e. The molecule has 5 nitrogen and oxygen atoms in total. The van der Waals surface area contributed by atoms with E-state index in [-0.39, 0.29) is 11.5 Å². The minimum absolute atomic E-state index is 0.138. The normalized spacial score (nSPS) is 22.3. The number of hydrogen-bond acceptors (Lipinski definition) is 4. The van der Waals surface area contributed by atoms with Gasteiger partial charge in [0.25, 0.3) is 12.3 Å². The van der Waals surface area contributed by atoms with Gasteiger partial charge in [-0.25, -0.2) is 13.8 Å². The number of fused-ring (bicyclic) bond motifs is 1. The number of nitriles is 1. The molecule has 0 saturated heterocycles. The highest BCUT2D eigenvalue weighted by atomic mass is 19.3. The highest BCUT2D eigenvalue weighted by molar-refractivity contribution is 6.01. The van der Waals surface area contributed by atoms with Crippen LogP contribution >= 0.6 is 0 Å². The summed E-state index contributed by atoms with van der Waals surface area (Å²) in [7, 11) is 1.74. The van der Waals surface area contributed by atoms with E-state index in [9.17, 15) is 18.8 Å². The van der Waals surface area contributed by atoms with Crippen LogP contribution in [0.4, 0.5) is 14.6 Å². The first-order valence-corrected chi connectivity index (χ1v) is 9.69. The third-order valence-electron chi connectivity index (χ3n) is 6.41. The Morgan fingerprint density at radius 1 is 1.23 bits per heavy atom. The van der Waals surface area contributed by atoms with Gasteiger partial charge in [0.2, 0.25) is 0 Å². The third-order valence-corrected chi connectivity index (χ3v) is 6.41. The van der Waals surface area contributed by atoms with Crippen molar-refractivity contribution in [2.45, 2.75) is 44.6 Å². The van der Waals surface area contributed by atoms with Gasteiger partial charge in [-0.2, -0.15) is 5.26 Å². The second-order valence-corrected chi connectivity index (χ2v) is 8.55. The number of pyridine rings is 1.